The number of aryl methyl sites for hydroxylation is 1. The SMILES string of the molecule is Cc1nccn1-c1ccc([C@H](C)NC(=O)[C@@H]2C[C@@H](O)CN2C(=O)[C@H](C(C)C)n2cc(OCCCOCCCCCOc3ccc(N4C(=S)N(c5ccc(C#N)c(C(F)(F)F)c5)C(=O)C4(C)C)cc3)cn2)cc1. The quantitative estimate of drug-likeness (QED) is 0.0532. The van der Waals surface area contributed by atoms with Crippen LogP contribution in [0.3, 0.4) is 0 Å². The standard InChI is InChI=1S/C52H60F3N9O7S/c1-33(2)46(48(67)61-31-41(65)28-45(61)47(66)59-34(3)36-11-14-38(15-12-36)60-22-21-57-35(60)4)62-32-43(30-58-62)71-26-10-24-69-23-8-7-9-25-70-42-19-17-39(18-20-42)64-50(72)63(49(68)51(64,5)6)40-16-13-37(29-56)44(27-40)52(53,54)55/h11-22,27,30,32-34,41,45-46,65H,7-10,23-26,28,31H2,1-6H3,(H,59,66)/t34-,41+,45-,46-/m0/s1. The predicted molar refractivity (Wildman–Crippen MR) is 267 cm³/mol. The van der Waals surface area contributed by atoms with Gasteiger partial charge in [-0.3, -0.25) is 24.0 Å². The van der Waals surface area contributed by atoms with Gasteiger partial charge in [-0.2, -0.15) is 23.5 Å². The fourth-order valence-electron chi connectivity index (χ4n) is 8.97. The summed E-state index contributed by atoms with van der Waals surface area (Å²) in [7, 11) is 0. The molecule has 2 aromatic heterocycles. The van der Waals surface area contributed by atoms with Crippen LogP contribution in [-0.2, 0) is 25.3 Å². The van der Waals surface area contributed by atoms with E-state index in [2.05, 4.69) is 15.4 Å². The highest BCUT2D eigenvalue weighted by Gasteiger charge is 2.51. The van der Waals surface area contributed by atoms with Crippen LogP contribution in [-0.4, -0.2) is 103 Å². The maximum atomic E-state index is 14.1. The number of unbranched alkanes of at least 4 members (excludes halogenated alkanes) is 2. The third kappa shape index (κ3) is 11.9. The molecule has 0 aliphatic carbocycles. The second-order valence-corrected chi connectivity index (χ2v) is 19.1. The number of ether oxygens (including phenoxy) is 3. The van der Waals surface area contributed by atoms with E-state index >= 15 is 0 Å². The minimum absolute atomic E-state index is 0.00930. The van der Waals surface area contributed by atoms with Crippen molar-refractivity contribution in [1.82, 2.24) is 29.5 Å². The number of imidazole rings is 1. The Balaban J connectivity index is 0.796. The van der Waals surface area contributed by atoms with E-state index in [0.717, 1.165) is 53.4 Å². The van der Waals surface area contributed by atoms with E-state index in [4.69, 9.17) is 26.4 Å². The Morgan fingerprint density at radius 2 is 1.58 bits per heavy atom. The first-order valence-corrected chi connectivity index (χ1v) is 24.4. The van der Waals surface area contributed by atoms with Crippen molar-refractivity contribution >= 4 is 46.4 Å². The molecule has 16 nitrogen and oxygen atoms in total. The average Bonchev–Trinajstić information content (AvgIpc) is 4.13. The molecule has 382 valence electrons. The summed E-state index contributed by atoms with van der Waals surface area (Å²) in [5, 5.41) is 27.4. The lowest BCUT2D eigenvalue weighted by Crippen LogP contribution is -2.49. The normalized spacial score (nSPS) is 17.6. The average molecular weight is 1010 g/mol. The Morgan fingerprint density at radius 1 is 0.931 bits per heavy atom. The summed E-state index contributed by atoms with van der Waals surface area (Å²) in [5.41, 5.74) is -0.569. The van der Waals surface area contributed by atoms with Gasteiger partial charge in [-0.1, -0.05) is 26.0 Å². The third-order valence-electron chi connectivity index (χ3n) is 12.8. The van der Waals surface area contributed by atoms with Crippen molar-refractivity contribution in [2.24, 2.45) is 5.92 Å². The lowest BCUT2D eigenvalue weighted by Gasteiger charge is -2.30. The van der Waals surface area contributed by atoms with Gasteiger partial charge in [-0.05, 0) is 125 Å². The molecule has 0 unspecified atom stereocenters. The summed E-state index contributed by atoms with van der Waals surface area (Å²) in [6, 6.07) is 17.5. The molecule has 2 aliphatic heterocycles. The molecule has 72 heavy (non-hydrogen) atoms. The van der Waals surface area contributed by atoms with Crippen molar-refractivity contribution in [1.29, 1.82) is 5.26 Å². The molecule has 0 radical (unpaired) electrons. The monoisotopic (exact) mass is 1010 g/mol. The van der Waals surface area contributed by atoms with E-state index in [1.165, 1.54) is 11.0 Å². The van der Waals surface area contributed by atoms with Crippen LogP contribution in [0.5, 0.6) is 11.5 Å². The smallest absolute Gasteiger partial charge is 0.417 e. The number of anilines is 2. The number of nitriles is 1. The number of aliphatic hydroxyl groups is 1. The number of nitrogens with zero attached hydrogens (tertiary/aromatic N) is 8. The van der Waals surface area contributed by atoms with E-state index in [1.807, 2.05) is 62.7 Å². The van der Waals surface area contributed by atoms with Crippen LogP contribution >= 0.6 is 12.2 Å². The number of carbonyl (C=O) groups excluding carboxylic acids is 3. The molecule has 2 fully saturated rings. The van der Waals surface area contributed by atoms with Crippen LogP contribution in [0.1, 0.15) is 101 Å². The van der Waals surface area contributed by atoms with Crippen molar-refractivity contribution in [3.8, 4) is 23.3 Å². The molecule has 3 amide bonds. The molecule has 2 saturated heterocycles. The number of β-amino-alcohol motifs (C(OH)–C–C–N with tert-alkyl or cyclic N) is 1. The molecule has 0 spiro atoms. The first-order valence-electron chi connectivity index (χ1n) is 24.0. The summed E-state index contributed by atoms with van der Waals surface area (Å²) >= 11 is 5.64. The lowest BCUT2D eigenvalue weighted by molar-refractivity contribution is -0.142. The molecular weight excluding hydrogens is 952 g/mol. The van der Waals surface area contributed by atoms with Crippen LogP contribution in [0.15, 0.2) is 91.5 Å². The number of thiocarbonyl (C=S) groups is 1. The number of alkyl halides is 3. The molecule has 3 aromatic carbocycles. The number of carbonyl (C=O) groups is 3. The maximum absolute atomic E-state index is 14.1. The van der Waals surface area contributed by atoms with Crippen molar-refractivity contribution in [3.05, 3.63) is 114 Å². The van der Waals surface area contributed by atoms with Crippen molar-refractivity contribution in [2.75, 3.05) is 42.8 Å². The largest absolute Gasteiger partial charge is 0.494 e. The van der Waals surface area contributed by atoms with Gasteiger partial charge in [0.25, 0.3) is 5.91 Å². The Morgan fingerprint density at radius 3 is 2.25 bits per heavy atom. The van der Waals surface area contributed by atoms with Gasteiger partial charge in [-0.15, -0.1) is 0 Å². The summed E-state index contributed by atoms with van der Waals surface area (Å²) in [6.07, 6.45) is 4.47. The Hall–Kier alpha value is -6.82. The van der Waals surface area contributed by atoms with Crippen molar-refractivity contribution < 1.29 is 46.9 Å². The number of aliphatic hydroxyl groups excluding tert-OH is 1. The number of hydrogen-bond donors (Lipinski definition) is 2. The molecule has 2 aliphatic rings. The van der Waals surface area contributed by atoms with E-state index in [0.29, 0.717) is 50.0 Å². The van der Waals surface area contributed by atoms with Gasteiger partial charge in [0.05, 0.1) is 60.6 Å². The minimum Gasteiger partial charge on any atom is -0.494 e. The Kier molecular flexibility index (Phi) is 16.7. The molecule has 4 heterocycles. The van der Waals surface area contributed by atoms with Gasteiger partial charge in [0.2, 0.25) is 11.8 Å². The van der Waals surface area contributed by atoms with Gasteiger partial charge >= 0.3 is 6.18 Å². The number of amides is 3. The highest BCUT2D eigenvalue weighted by atomic mass is 32.1. The Labute approximate surface area is 422 Å². The topological polar surface area (TPSA) is 180 Å². The molecular formula is C52H60F3N9O7S. The van der Waals surface area contributed by atoms with E-state index in [1.54, 1.807) is 72.4 Å². The number of hydrogen-bond acceptors (Lipinski definition) is 11. The molecule has 2 N–H and O–H groups in total. The summed E-state index contributed by atoms with van der Waals surface area (Å²) < 4.78 is 62.4. The number of aromatic nitrogens is 4. The van der Waals surface area contributed by atoms with E-state index < -0.39 is 46.9 Å². The summed E-state index contributed by atoms with van der Waals surface area (Å²) in [6.45, 7) is 12.8. The molecule has 0 bridgehead atoms. The van der Waals surface area contributed by atoms with Gasteiger partial charge < -0.3 is 39.0 Å². The molecule has 4 atom stereocenters. The second kappa shape index (κ2) is 22.7. The fourth-order valence-corrected chi connectivity index (χ4v) is 9.49. The molecule has 7 rings (SSSR count). The van der Waals surface area contributed by atoms with Gasteiger partial charge in [0.1, 0.15) is 29.2 Å². The predicted octanol–water partition coefficient (Wildman–Crippen LogP) is 8.26. The number of halogens is 3. The van der Waals surface area contributed by atoms with Gasteiger partial charge in [0, 0.05) is 56.4 Å². The second-order valence-electron chi connectivity index (χ2n) is 18.8. The van der Waals surface area contributed by atoms with Crippen LogP contribution in [0, 0.1) is 24.2 Å². The highest BCUT2D eigenvalue weighted by Crippen LogP contribution is 2.40. The Bertz CT molecular complexity index is 2750. The van der Waals surface area contributed by atoms with Crippen molar-refractivity contribution in [2.45, 2.75) is 110 Å². The maximum Gasteiger partial charge on any atom is 0.417 e. The highest BCUT2D eigenvalue weighted by molar-refractivity contribution is 7.81. The zero-order valence-corrected chi connectivity index (χ0v) is 42.0. The first kappa shape index (κ1) is 53.0. The fraction of sp³-hybridized carbons (Fsp3) is 0.442. The molecule has 20 heteroatoms. The number of likely N-dealkylation sites (tertiary alicyclic amines) is 1. The zero-order chi connectivity index (χ0) is 51.9. The van der Waals surface area contributed by atoms with E-state index in [-0.39, 0.29) is 47.5 Å². The van der Waals surface area contributed by atoms with Gasteiger partial charge in [-0.25, -0.2) is 4.98 Å². The number of benzene rings is 3. The third-order valence-corrected chi connectivity index (χ3v) is 13.2. The zero-order valence-electron chi connectivity index (χ0n) is 41.1. The number of rotatable bonds is 21. The van der Waals surface area contributed by atoms with Crippen LogP contribution in [0.2, 0.25) is 0 Å². The van der Waals surface area contributed by atoms with E-state index in [9.17, 15) is 37.9 Å². The molecule has 0 saturated carbocycles. The van der Waals surface area contributed by atoms with Gasteiger partial charge in [0.15, 0.2) is 10.9 Å². The van der Waals surface area contributed by atoms with Crippen LogP contribution in [0.25, 0.3) is 5.69 Å². The molecule has 5 aromatic rings. The summed E-state index contributed by atoms with van der Waals surface area (Å²) in [5.74, 6) is 0.634. The summed E-state index contributed by atoms with van der Waals surface area (Å²) in [4.78, 5) is 49.7. The van der Waals surface area contributed by atoms with Crippen LogP contribution < -0.4 is 24.6 Å². The minimum atomic E-state index is -4.79. The lowest BCUT2D eigenvalue weighted by atomic mass is 10.0. The van der Waals surface area contributed by atoms with Crippen molar-refractivity contribution in [3.63, 3.8) is 0 Å². The number of nitrogens with one attached hydrogen (secondary N) is 1. The first-order chi connectivity index (χ1) is 34.3. The van der Waals surface area contributed by atoms with Crippen LogP contribution in [0.4, 0.5) is 24.5 Å².